The van der Waals surface area contributed by atoms with Gasteiger partial charge in [-0.3, -0.25) is 0 Å². The standard InChI is InChI=1S/C11H14N2O2.2ClH/c12-5-9-8-4-11-10(14-6-15-11)3-7(8)1-2-13-9;;/h3-4,9,13H,1-2,5-6,12H2;2*1H. The first kappa shape index (κ1) is 14.4. The first-order valence-electron chi connectivity index (χ1n) is 5.24. The van der Waals surface area contributed by atoms with Crippen LogP contribution >= 0.6 is 24.8 Å². The third-order valence-corrected chi connectivity index (χ3v) is 3.03. The van der Waals surface area contributed by atoms with Crippen LogP contribution in [0, 0.1) is 0 Å². The lowest BCUT2D eigenvalue weighted by molar-refractivity contribution is 0.174. The molecule has 0 radical (unpaired) electrons. The van der Waals surface area contributed by atoms with Gasteiger partial charge in [-0.05, 0) is 36.2 Å². The predicted molar refractivity (Wildman–Crippen MR) is 70.6 cm³/mol. The monoisotopic (exact) mass is 278 g/mol. The molecule has 6 heteroatoms. The fourth-order valence-electron chi connectivity index (χ4n) is 2.24. The van der Waals surface area contributed by atoms with Gasteiger partial charge in [0.2, 0.25) is 6.79 Å². The zero-order chi connectivity index (χ0) is 10.3. The molecule has 0 spiro atoms. The molecular formula is C11H16Cl2N2O2. The Labute approximate surface area is 113 Å². The van der Waals surface area contributed by atoms with E-state index in [0.29, 0.717) is 13.3 Å². The van der Waals surface area contributed by atoms with E-state index in [1.54, 1.807) is 0 Å². The second kappa shape index (κ2) is 5.78. The van der Waals surface area contributed by atoms with Gasteiger partial charge in [-0.25, -0.2) is 0 Å². The zero-order valence-corrected chi connectivity index (χ0v) is 10.9. The van der Waals surface area contributed by atoms with Crippen LogP contribution in [0.15, 0.2) is 12.1 Å². The van der Waals surface area contributed by atoms with Gasteiger partial charge in [-0.2, -0.15) is 0 Å². The summed E-state index contributed by atoms with van der Waals surface area (Å²) in [6.45, 7) is 1.93. The summed E-state index contributed by atoms with van der Waals surface area (Å²) in [6.07, 6.45) is 1.03. The lowest BCUT2D eigenvalue weighted by Gasteiger charge is -2.26. The van der Waals surface area contributed by atoms with Crippen LogP contribution in [0.3, 0.4) is 0 Å². The highest BCUT2D eigenvalue weighted by molar-refractivity contribution is 5.85. The van der Waals surface area contributed by atoms with Crippen LogP contribution < -0.4 is 20.5 Å². The van der Waals surface area contributed by atoms with Gasteiger partial charge in [-0.15, -0.1) is 24.8 Å². The summed E-state index contributed by atoms with van der Waals surface area (Å²) >= 11 is 0. The lowest BCUT2D eigenvalue weighted by atomic mass is 9.94. The number of hydrogen-bond acceptors (Lipinski definition) is 4. The molecule has 2 aliphatic heterocycles. The minimum Gasteiger partial charge on any atom is -0.454 e. The van der Waals surface area contributed by atoms with Crippen molar-refractivity contribution < 1.29 is 9.47 Å². The Kier molecular flexibility index (Phi) is 4.89. The number of benzene rings is 1. The van der Waals surface area contributed by atoms with Crippen molar-refractivity contribution in [3.05, 3.63) is 23.3 Å². The summed E-state index contributed by atoms with van der Waals surface area (Å²) in [4.78, 5) is 0. The number of nitrogens with two attached hydrogens (primary N) is 1. The first-order chi connectivity index (χ1) is 7.38. The number of halogens is 2. The van der Waals surface area contributed by atoms with E-state index in [2.05, 4.69) is 17.4 Å². The van der Waals surface area contributed by atoms with Crippen molar-refractivity contribution in [1.29, 1.82) is 0 Å². The van der Waals surface area contributed by atoms with Crippen LogP contribution in [0.1, 0.15) is 17.2 Å². The highest BCUT2D eigenvalue weighted by Gasteiger charge is 2.23. The van der Waals surface area contributed by atoms with Gasteiger partial charge in [0.05, 0.1) is 0 Å². The second-order valence-electron chi connectivity index (χ2n) is 3.90. The average Bonchev–Trinajstić information content (AvgIpc) is 2.72. The Morgan fingerprint density at radius 2 is 1.94 bits per heavy atom. The maximum atomic E-state index is 5.73. The van der Waals surface area contributed by atoms with Gasteiger partial charge in [0.15, 0.2) is 11.5 Å². The Hall–Kier alpha value is -0.680. The second-order valence-corrected chi connectivity index (χ2v) is 3.90. The summed E-state index contributed by atoms with van der Waals surface area (Å²) in [6, 6.07) is 4.39. The molecule has 0 aliphatic carbocycles. The smallest absolute Gasteiger partial charge is 0.231 e. The van der Waals surface area contributed by atoms with Gasteiger partial charge < -0.3 is 20.5 Å². The van der Waals surface area contributed by atoms with Crippen molar-refractivity contribution in [2.45, 2.75) is 12.5 Å². The maximum Gasteiger partial charge on any atom is 0.231 e. The minimum atomic E-state index is 0. The van der Waals surface area contributed by atoms with E-state index in [4.69, 9.17) is 15.2 Å². The van der Waals surface area contributed by atoms with Crippen molar-refractivity contribution in [2.75, 3.05) is 19.9 Å². The SMILES string of the molecule is Cl.Cl.NCC1NCCc2cc3c(cc21)OCO3. The summed E-state index contributed by atoms with van der Waals surface area (Å²) in [5.41, 5.74) is 8.31. The summed E-state index contributed by atoms with van der Waals surface area (Å²) in [5, 5.41) is 3.39. The minimum absolute atomic E-state index is 0. The Bertz CT molecular complexity index is 401. The topological polar surface area (TPSA) is 56.5 Å². The van der Waals surface area contributed by atoms with E-state index >= 15 is 0 Å². The van der Waals surface area contributed by atoms with Crippen LogP contribution in [0.2, 0.25) is 0 Å². The molecule has 96 valence electrons. The van der Waals surface area contributed by atoms with Gasteiger partial charge in [0.1, 0.15) is 0 Å². The molecule has 3 rings (SSSR count). The van der Waals surface area contributed by atoms with Crippen LogP contribution in [0.25, 0.3) is 0 Å². The van der Waals surface area contributed by atoms with Crippen LogP contribution in [0.5, 0.6) is 11.5 Å². The zero-order valence-electron chi connectivity index (χ0n) is 9.27. The van der Waals surface area contributed by atoms with Crippen molar-refractivity contribution in [1.82, 2.24) is 5.32 Å². The number of hydrogen-bond donors (Lipinski definition) is 2. The fourth-order valence-corrected chi connectivity index (χ4v) is 2.24. The summed E-state index contributed by atoms with van der Waals surface area (Å²) in [5.74, 6) is 1.71. The molecule has 1 aromatic carbocycles. The highest BCUT2D eigenvalue weighted by Crippen LogP contribution is 2.37. The molecule has 0 bridgehead atoms. The molecule has 1 aromatic rings. The predicted octanol–water partition coefficient (Wildman–Crippen LogP) is 1.40. The van der Waals surface area contributed by atoms with Crippen molar-refractivity contribution in [2.24, 2.45) is 5.73 Å². The molecule has 2 heterocycles. The third kappa shape index (κ3) is 2.45. The molecule has 0 saturated heterocycles. The van der Waals surface area contributed by atoms with E-state index in [-0.39, 0.29) is 30.9 Å². The van der Waals surface area contributed by atoms with Crippen molar-refractivity contribution >= 4 is 24.8 Å². The van der Waals surface area contributed by atoms with Gasteiger partial charge in [-0.1, -0.05) is 0 Å². The molecule has 0 aromatic heterocycles. The molecule has 0 amide bonds. The van der Waals surface area contributed by atoms with E-state index < -0.39 is 0 Å². The van der Waals surface area contributed by atoms with E-state index in [1.807, 2.05) is 0 Å². The molecule has 3 N–H and O–H groups in total. The quantitative estimate of drug-likeness (QED) is 0.816. The molecule has 1 unspecified atom stereocenters. The number of nitrogens with one attached hydrogen (secondary N) is 1. The average molecular weight is 279 g/mol. The Balaban J connectivity index is 0.000000722. The highest BCUT2D eigenvalue weighted by atomic mass is 35.5. The molecule has 2 aliphatic rings. The van der Waals surface area contributed by atoms with Crippen LogP contribution in [0.4, 0.5) is 0 Å². The van der Waals surface area contributed by atoms with Crippen LogP contribution in [-0.4, -0.2) is 19.9 Å². The number of rotatable bonds is 1. The summed E-state index contributed by atoms with van der Waals surface area (Å²) < 4.78 is 10.7. The van der Waals surface area contributed by atoms with Gasteiger partial charge in [0, 0.05) is 12.6 Å². The fraction of sp³-hybridized carbons (Fsp3) is 0.455. The molecule has 0 saturated carbocycles. The van der Waals surface area contributed by atoms with Gasteiger partial charge in [0.25, 0.3) is 0 Å². The van der Waals surface area contributed by atoms with Crippen molar-refractivity contribution in [3.63, 3.8) is 0 Å². The Morgan fingerprint density at radius 3 is 2.65 bits per heavy atom. The number of fused-ring (bicyclic) bond motifs is 2. The van der Waals surface area contributed by atoms with E-state index in [9.17, 15) is 0 Å². The van der Waals surface area contributed by atoms with E-state index in [0.717, 1.165) is 24.5 Å². The Morgan fingerprint density at radius 1 is 1.24 bits per heavy atom. The van der Waals surface area contributed by atoms with Gasteiger partial charge >= 0.3 is 0 Å². The summed E-state index contributed by atoms with van der Waals surface area (Å²) in [7, 11) is 0. The molecule has 1 atom stereocenters. The first-order valence-corrected chi connectivity index (χ1v) is 5.24. The molecule has 17 heavy (non-hydrogen) atoms. The molecular weight excluding hydrogens is 263 g/mol. The van der Waals surface area contributed by atoms with E-state index in [1.165, 1.54) is 11.1 Å². The van der Waals surface area contributed by atoms with Crippen molar-refractivity contribution in [3.8, 4) is 11.5 Å². The van der Waals surface area contributed by atoms with Crippen LogP contribution in [-0.2, 0) is 6.42 Å². The molecule has 4 nitrogen and oxygen atoms in total. The number of ether oxygens (including phenoxy) is 2. The molecule has 0 fully saturated rings. The third-order valence-electron chi connectivity index (χ3n) is 3.03. The largest absolute Gasteiger partial charge is 0.454 e. The maximum absolute atomic E-state index is 5.73. The lowest BCUT2D eigenvalue weighted by Crippen LogP contribution is -2.34. The normalized spacial score (nSPS) is 19.9.